The van der Waals surface area contributed by atoms with Crippen molar-refractivity contribution in [2.75, 3.05) is 32.1 Å². The van der Waals surface area contributed by atoms with Gasteiger partial charge in [-0.2, -0.15) is 0 Å². The summed E-state index contributed by atoms with van der Waals surface area (Å²) in [6.07, 6.45) is 9.18. The summed E-state index contributed by atoms with van der Waals surface area (Å²) >= 11 is 2.38. The first-order valence-electron chi connectivity index (χ1n) is 22.3. The third-order valence-corrected chi connectivity index (χ3v) is 14.0. The van der Waals surface area contributed by atoms with Gasteiger partial charge in [0.25, 0.3) is 11.7 Å². The Kier molecular flexibility index (Phi) is 14.9. The first-order chi connectivity index (χ1) is 31.3. The number of ketones is 1. The number of esters is 1. The first kappa shape index (κ1) is 51.3. The minimum Gasteiger partial charge on any atom is -0.507 e. The number of piperidine rings is 1. The number of ether oxygens (including phenoxy) is 4. The molecule has 4 aliphatic heterocycles. The molecular formula is C49H61IN4O13. The molecule has 4 heterocycles. The summed E-state index contributed by atoms with van der Waals surface area (Å²) < 4.78 is 24.4. The van der Waals surface area contributed by atoms with Crippen LogP contribution in [0.4, 0.5) is 5.69 Å². The number of likely N-dealkylation sites (tertiary alicyclic amines) is 1. The number of anilines is 1. The average molecular weight is 1040 g/mol. The van der Waals surface area contributed by atoms with Crippen molar-refractivity contribution in [1.29, 1.82) is 0 Å². The summed E-state index contributed by atoms with van der Waals surface area (Å²) in [4.78, 5) is 66.3. The fraction of sp³-hybridized carbons (Fsp3) is 0.551. The van der Waals surface area contributed by atoms with Gasteiger partial charge in [0.05, 0.1) is 47.1 Å². The van der Waals surface area contributed by atoms with Crippen molar-refractivity contribution >= 4 is 62.7 Å². The molecule has 6 rings (SSSR count). The highest BCUT2D eigenvalue weighted by molar-refractivity contribution is 14.1. The molecule has 0 radical (unpaired) electrons. The van der Waals surface area contributed by atoms with Crippen LogP contribution in [0, 0.1) is 48.4 Å². The molecule has 4 aliphatic rings. The Bertz CT molecular complexity index is 2610. The van der Waals surface area contributed by atoms with Crippen LogP contribution >= 0.6 is 22.6 Å². The van der Waals surface area contributed by atoms with Crippen molar-refractivity contribution in [3.05, 3.63) is 58.0 Å². The van der Waals surface area contributed by atoms with Crippen LogP contribution in [0.25, 0.3) is 10.8 Å². The van der Waals surface area contributed by atoms with Gasteiger partial charge in [-0.1, -0.05) is 74.4 Å². The average Bonchev–Trinajstić information content (AvgIpc) is 3.78. The number of Topliss-reactive ketones (excluding diaryl/α,β-unsaturated/α-hetero) is 1. The normalized spacial score (nSPS) is 31.3. The predicted molar refractivity (Wildman–Crippen MR) is 255 cm³/mol. The van der Waals surface area contributed by atoms with Gasteiger partial charge < -0.3 is 54.7 Å². The Morgan fingerprint density at radius 1 is 1.06 bits per heavy atom. The van der Waals surface area contributed by atoms with Gasteiger partial charge >= 0.3 is 17.7 Å². The highest BCUT2D eigenvalue weighted by Gasteiger charge is 2.51. The van der Waals surface area contributed by atoms with E-state index in [0.717, 1.165) is 12.8 Å². The lowest BCUT2D eigenvalue weighted by molar-refractivity contribution is -0.178. The van der Waals surface area contributed by atoms with Crippen molar-refractivity contribution < 1.29 is 63.7 Å². The standard InChI is InChI=1S/C49H61IN4O13/c1-12-29-30(64-11)16-21-65-48(10)43(59)33-31-32(39(57)28(7)42(33)67-48)40(58)36(35-34(31)52-49(53-35)17-19-54(20-18-49)22-25(4)50)51-44(60)24(3)15-13-14-23(2)37(55)26(5)38(56)27(6)41(29)66-46(63)47(8,9)45(61)62/h1,13-16,21,23,25-27,29-30,37-38,41,52,55-58H,17-20,22H2,2-11H3,(H,61,62)/b14-13+,21-16+,24-15-,51-36?/t23-,25?,26+,27+,29+,30-,37-,38+,41-,48-/m0/s1. The number of hydrogen-bond acceptors (Lipinski definition) is 15. The Hall–Kier alpha value is -5.07. The van der Waals surface area contributed by atoms with Gasteiger partial charge in [-0.15, -0.1) is 6.42 Å². The number of nitrogens with one attached hydrogen (secondary N) is 1. The van der Waals surface area contributed by atoms with Gasteiger partial charge in [-0.3, -0.25) is 24.2 Å². The number of methoxy groups -OCH3 is 1. The minimum absolute atomic E-state index is 0.0240. The minimum atomic E-state index is -2.09. The fourth-order valence-corrected chi connectivity index (χ4v) is 9.68. The zero-order valence-corrected chi connectivity index (χ0v) is 41.6. The highest BCUT2D eigenvalue weighted by Crippen LogP contribution is 2.51. The van der Waals surface area contributed by atoms with Crippen LogP contribution in [0.1, 0.15) is 84.2 Å². The quantitative estimate of drug-likeness (QED) is 0.0577. The zero-order chi connectivity index (χ0) is 49.7. The smallest absolute Gasteiger partial charge is 0.323 e. The Labute approximate surface area is 403 Å². The summed E-state index contributed by atoms with van der Waals surface area (Å²) in [7, 11) is 1.32. The van der Waals surface area contributed by atoms with Gasteiger partial charge in [0.2, 0.25) is 0 Å². The van der Waals surface area contributed by atoms with Crippen LogP contribution in [0.5, 0.6) is 17.2 Å². The highest BCUT2D eigenvalue weighted by atomic mass is 127. The number of fused-ring (bicyclic) bond motifs is 1. The Morgan fingerprint density at radius 2 is 1.72 bits per heavy atom. The summed E-state index contributed by atoms with van der Waals surface area (Å²) in [6.45, 7) is 15.9. The number of phenolic OH excluding ortho intramolecular Hbond substituents is 2. The number of alkyl halides is 1. The van der Waals surface area contributed by atoms with Gasteiger partial charge in [0, 0.05) is 84.7 Å². The summed E-state index contributed by atoms with van der Waals surface area (Å²) in [5.41, 5.74) is -2.46. The molecular weight excluding hydrogens is 979 g/mol. The number of carboxylic acids is 1. The fourth-order valence-electron chi connectivity index (χ4n) is 9.12. The molecule has 362 valence electrons. The molecule has 6 N–H and O–H groups in total. The molecule has 1 amide bonds. The van der Waals surface area contributed by atoms with E-state index in [0.29, 0.717) is 29.9 Å². The number of halogens is 1. The maximum absolute atomic E-state index is 14.8. The van der Waals surface area contributed by atoms with E-state index in [9.17, 15) is 44.7 Å². The number of carbonyl (C=O) groups excluding carboxylic acids is 3. The van der Waals surface area contributed by atoms with Crippen molar-refractivity contribution in [2.24, 2.45) is 39.1 Å². The molecule has 1 spiro atoms. The molecule has 0 aromatic heterocycles. The van der Waals surface area contributed by atoms with Crippen molar-refractivity contribution in [3.8, 4) is 29.6 Å². The molecule has 1 saturated heterocycles. The number of aliphatic hydroxyl groups is 2. The van der Waals surface area contributed by atoms with Crippen molar-refractivity contribution in [2.45, 2.75) is 115 Å². The lowest BCUT2D eigenvalue weighted by Crippen LogP contribution is -2.49. The molecule has 2 aromatic carbocycles. The second-order valence-electron chi connectivity index (χ2n) is 18.9. The SMILES string of the molecule is C#C[C@H]1[C@@H](OC(=O)C(C)(C)C(=O)O)[C@H](C)[C@H](O)[C@H](C)[C@@H](O)[C@@H](C)/C=C/C=C(/C)C(=O)N=c2c(O)c3c(O)c(C)c4c(c3c3c2=NC2(CCN(CC(C)I)CC2)N3)C(=O)[C@@](C)(O/C=C/[C@@H]1OC)O4. The summed E-state index contributed by atoms with van der Waals surface area (Å²) in [5.74, 6) is -8.32. The van der Waals surface area contributed by atoms with E-state index in [1.165, 1.54) is 53.9 Å². The topological polar surface area (TPSA) is 246 Å². The number of aromatic hydroxyl groups is 2. The summed E-state index contributed by atoms with van der Waals surface area (Å²) in [5, 5.41) is 60.6. The number of carbonyl (C=O) groups is 4. The molecule has 17 nitrogen and oxygen atoms in total. The first-order valence-corrected chi connectivity index (χ1v) is 23.5. The number of amides is 1. The number of aliphatic hydroxyl groups excluding tert-OH is 2. The van der Waals surface area contributed by atoms with E-state index < -0.39 is 100 Å². The largest absolute Gasteiger partial charge is 0.507 e. The molecule has 67 heavy (non-hydrogen) atoms. The molecule has 0 saturated carbocycles. The number of benzene rings is 2. The molecule has 2 aromatic rings. The number of terminal acetylenes is 1. The number of rotatable bonds is 6. The van der Waals surface area contributed by atoms with Crippen molar-refractivity contribution in [3.63, 3.8) is 0 Å². The van der Waals surface area contributed by atoms with Gasteiger partial charge in [0.1, 0.15) is 34.0 Å². The third kappa shape index (κ3) is 9.54. The van der Waals surface area contributed by atoms with Crippen LogP contribution in [0.2, 0.25) is 0 Å². The lowest BCUT2D eigenvalue weighted by atomic mass is 9.78. The van der Waals surface area contributed by atoms with Gasteiger partial charge in [-0.05, 0) is 33.8 Å². The van der Waals surface area contributed by atoms with Crippen LogP contribution in [0.15, 0.2) is 46.1 Å². The van der Waals surface area contributed by atoms with Crippen LogP contribution in [-0.4, -0.2) is 121 Å². The van der Waals surface area contributed by atoms with Crippen LogP contribution in [-0.2, 0) is 28.6 Å². The van der Waals surface area contributed by atoms with E-state index in [1.54, 1.807) is 32.9 Å². The number of hydrogen-bond donors (Lipinski definition) is 6. The van der Waals surface area contributed by atoms with Gasteiger partial charge in [0.15, 0.2) is 11.2 Å². The van der Waals surface area contributed by atoms with E-state index in [4.69, 9.17) is 30.4 Å². The Morgan fingerprint density at radius 3 is 2.31 bits per heavy atom. The number of carboxylic acid groups (broad SMARTS) is 1. The van der Waals surface area contributed by atoms with E-state index in [1.807, 2.05) is 0 Å². The second kappa shape index (κ2) is 19.5. The molecule has 1 unspecified atom stereocenters. The van der Waals surface area contributed by atoms with Crippen molar-refractivity contribution in [1.82, 2.24) is 4.90 Å². The van der Waals surface area contributed by atoms with Gasteiger partial charge in [-0.25, -0.2) is 4.99 Å². The molecule has 10 atom stereocenters. The van der Waals surface area contributed by atoms with E-state index >= 15 is 0 Å². The number of phenols is 2. The Balaban J connectivity index is 1.55. The second-order valence-corrected chi connectivity index (χ2v) is 21.1. The molecule has 18 heteroatoms. The zero-order valence-electron chi connectivity index (χ0n) is 39.4. The van der Waals surface area contributed by atoms with Crippen LogP contribution in [0.3, 0.4) is 0 Å². The lowest BCUT2D eigenvalue weighted by Gasteiger charge is -2.38. The monoisotopic (exact) mass is 1040 g/mol. The summed E-state index contributed by atoms with van der Waals surface area (Å²) in [6, 6.07) is 0. The van der Waals surface area contributed by atoms with E-state index in [-0.39, 0.29) is 49.6 Å². The maximum atomic E-state index is 14.8. The third-order valence-electron chi connectivity index (χ3n) is 13.7. The molecule has 0 aliphatic carbocycles. The predicted octanol–water partition coefficient (Wildman–Crippen LogP) is 4.62. The maximum Gasteiger partial charge on any atom is 0.323 e. The number of aliphatic carboxylic acids is 1. The number of nitrogens with zero attached hydrogens (tertiary/aromatic N) is 3. The molecule has 1 fully saturated rings. The van der Waals surface area contributed by atoms with Crippen LogP contribution < -0.4 is 20.8 Å². The number of allylic oxidation sites excluding steroid dienone is 2. The molecule has 4 bridgehead atoms. The van der Waals surface area contributed by atoms with E-state index in [2.05, 4.69) is 50.6 Å².